The Hall–Kier alpha value is 0.0649. The third-order valence-corrected chi connectivity index (χ3v) is 19.0. The molecule has 0 aromatic heterocycles. The van der Waals surface area contributed by atoms with Gasteiger partial charge in [0.05, 0.1) is 0 Å². The van der Waals surface area contributed by atoms with Gasteiger partial charge in [-0.05, 0) is 167 Å². The van der Waals surface area contributed by atoms with Crippen molar-refractivity contribution in [1.82, 2.24) is 0 Å². The maximum absolute atomic E-state index is 2.65. The minimum Gasteiger partial charge on any atom is -0.0810 e. The van der Waals surface area contributed by atoms with E-state index in [-0.39, 0.29) is 0 Å². The first kappa shape index (κ1) is 17.6. The van der Waals surface area contributed by atoms with Crippen LogP contribution in [0.2, 0.25) is 6.32 Å². The van der Waals surface area contributed by atoms with Gasteiger partial charge in [0, 0.05) is 0 Å². The molecular weight excluding hydrogens is 407 g/mol. The highest BCUT2D eigenvalue weighted by Crippen LogP contribution is 2.98. The summed E-state index contributed by atoms with van der Waals surface area (Å²) in [4.78, 5) is 0. The first-order valence-electron chi connectivity index (χ1n) is 16.9. The lowest BCUT2D eigenvalue weighted by Gasteiger charge is -2.98. The smallest absolute Gasteiger partial charge is 0.0810 e. The summed E-state index contributed by atoms with van der Waals surface area (Å²) in [5, 5.41) is 0. The van der Waals surface area contributed by atoms with E-state index in [9.17, 15) is 0 Å². The van der Waals surface area contributed by atoms with Crippen molar-refractivity contribution in [3.8, 4) is 0 Å². The van der Waals surface area contributed by atoms with E-state index in [0.717, 1.165) is 11.8 Å². The molecule has 26 unspecified atom stereocenters. The third kappa shape index (κ3) is 1.24. The van der Waals surface area contributed by atoms with Crippen molar-refractivity contribution < 1.29 is 0 Å². The van der Waals surface area contributed by atoms with Crippen LogP contribution in [0.15, 0.2) is 0 Å². The summed E-state index contributed by atoms with van der Waals surface area (Å²) in [6.45, 7) is 2.65. The average Bonchev–Trinajstić information content (AvgIpc) is 3.08. The van der Waals surface area contributed by atoms with Crippen molar-refractivity contribution in [2.75, 3.05) is 0 Å². The van der Waals surface area contributed by atoms with E-state index in [0.29, 0.717) is 0 Å². The highest BCUT2D eigenvalue weighted by Gasteiger charge is 2.95. The monoisotopic (exact) mass is 450 g/mol. The summed E-state index contributed by atoms with van der Waals surface area (Å²) in [7, 11) is 2.46. The van der Waals surface area contributed by atoms with Crippen LogP contribution in [-0.4, -0.2) is 7.85 Å². The number of hydrogen-bond acceptors (Lipinski definition) is 0. The molecule has 178 valence electrons. The molecule has 0 N–H and O–H groups in total. The molecule has 0 bridgehead atoms. The standard InChI is InChI=1S/C33H43B/c1-2-9-10-6-8(4-3-5-34)13-15(10)19-17(13)21-23(19)27-25(21)29-31(27)33-30-26-22-18-14-11(9)7-12(14)16(18)20(22)24(26)28(30)32(29)33/h8-33H,2-7,34H2,1H3. The second-order valence-electron chi connectivity index (χ2n) is 17.6. The highest BCUT2D eigenvalue weighted by atomic mass is 15.0. The number of hydrogen-bond donors (Lipinski definition) is 0. The largest absolute Gasteiger partial charge is 0.101 e. The van der Waals surface area contributed by atoms with Crippen molar-refractivity contribution in [2.24, 2.45) is 154 Å². The van der Waals surface area contributed by atoms with Gasteiger partial charge in [-0.25, -0.2) is 0 Å². The van der Waals surface area contributed by atoms with Crippen LogP contribution in [0.5, 0.6) is 0 Å². The lowest BCUT2D eigenvalue weighted by atomic mass is 9.06. The molecule has 0 heterocycles. The molecule has 0 radical (unpaired) electrons. The van der Waals surface area contributed by atoms with Gasteiger partial charge in [-0.1, -0.05) is 32.5 Å². The SMILES string of the molecule is BCCCC1CC2C(CC)C3CC4C3C3C4C4C3C3C4C4C3C3C5C6C7C8C2C1C8C7C6C5C43. The molecule has 13 aliphatic rings. The Balaban J connectivity index is 0.948. The first-order valence-corrected chi connectivity index (χ1v) is 16.9. The Kier molecular flexibility index (Phi) is 2.48. The Bertz CT molecular complexity index is 1080. The van der Waals surface area contributed by atoms with Crippen LogP contribution in [0, 0.1) is 154 Å². The van der Waals surface area contributed by atoms with Crippen LogP contribution in [0.1, 0.15) is 39.0 Å². The quantitative estimate of drug-likeness (QED) is 0.516. The van der Waals surface area contributed by atoms with E-state index in [2.05, 4.69) is 14.8 Å². The van der Waals surface area contributed by atoms with Crippen LogP contribution >= 0.6 is 0 Å². The van der Waals surface area contributed by atoms with Gasteiger partial charge in [0.2, 0.25) is 0 Å². The summed E-state index contributed by atoms with van der Waals surface area (Å²) < 4.78 is 0. The zero-order valence-corrected chi connectivity index (χ0v) is 21.3. The number of fused-ring (bicyclic) bond motifs is 10. The fourth-order valence-electron chi connectivity index (χ4n) is 19.2. The lowest BCUT2D eigenvalue weighted by Crippen LogP contribution is -2.95. The molecule has 0 spiro atoms. The summed E-state index contributed by atoms with van der Waals surface area (Å²) in [6.07, 6.45) is 9.57. The maximum Gasteiger partial charge on any atom is 0.101 e. The Morgan fingerprint density at radius 3 is 1.38 bits per heavy atom. The predicted octanol–water partition coefficient (Wildman–Crippen LogP) is 5.21. The molecule has 13 aliphatic carbocycles. The topological polar surface area (TPSA) is 0 Å². The zero-order valence-electron chi connectivity index (χ0n) is 21.3. The van der Waals surface area contributed by atoms with Gasteiger partial charge in [0.25, 0.3) is 0 Å². The van der Waals surface area contributed by atoms with E-state index in [1.165, 1.54) is 155 Å². The van der Waals surface area contributed by atoms with Crippen molar-refractivity contribution in [1.29, 1.82) is 0 Å². The van der Waals surface area contributed by atoms with Gasteiger partial charge in [0.1, 0.15) is 7.85 Å². The molecule has 0 aromatic rings. The summed E-state index contributed by atoms with van der Waals surface area (Å²) >= 11 is 0. The lowest BCUT2D eigenvalue weighted by molar-refractivity contribution is -0.517. The van der Waals surface area contributed by atoms with Gasteiger partial charge in [0.15, 0.2) is 0 Å². The van der Waals surface area contributed by atoms with Crippen molar-refractivity contribution >= 4 is 7.85 Å². The number of rotatable bonds is 4. The van der Waals surface area contributed by atoms with E-state index >= 15 is 0 Å². The zero-order chi connectivity index (χ0) is 21.3. The molecule has 26 atom stereocenters. The molecule has 0 amide bonds. The summed E-state index contributed by atoms with van der Waals surface area (Å²) in [6, 6.07) is 0. The van der Waals surface area contributed by atoms with Crippen molar-refractivity contribution in [3.05, 3.63) is 0 Å². The molecule has 1 heteroatoms. The van der Waals surface area contributed by atoms with E-state index in [1.54, 1.807) is 25.7 Å². The van der Waals surface area contributed by atoms with Gasteiger partial charge in [-0.15, -0.1) is 0 Å². The first-order chi connectivity index (χ1) is 16.9. The Labute approximate surface area is 206 Å². The van der Waals surface area contributed by atoms with Crippen LogP contribution in [0.4, 0.5) is 0 Å². The normalized spacial score (nSPS) is 85.6. The molecule has 0 aromatic carbocycles. The molecule has 0 nitrogen and oxygen atoms in total. The predicted molar refractivity (Wildman–Crippen MR) is 133 cm³/mol. The summed E-state index contributed by atoms with van der Waals surface area (Å²) in [5.41, 5.74) is 0. The maximum atomic E-state index is 2.65. The second kappa shape index (κ2) is 4.81. The van der Waals surface area contributed by atoms with E-state index < -0.39 is 0 Å². The Morgan fingerprint density at radius 1 is 0.471 bits per heavy atom. The van der Waals surface area contributed by atoms with E-state index in [1.807, 2.05) is 0 Å². The fraction of sp³-hybridized carbons (Fsp3) is 1.00. The molecule has 34 heavy (non-hydrogen) atoms. The summed E-state index contributed by atoms with van der Waals surface area (Å²) in [5.74, 6) is 33.0. The van der Waals surface area contributed by atoms with Gasteiger partial charge in [-0.3, -0.25) is 0 Å². The molecule has 13 fully saturated rings. The van der Waals surface area contributed by atoms with Gasteiger partial charge in [-0.2, -0.15) is 0 Å². The third-order valence-electron chi connectivity index (χ3n) is 19.0. The molecule has 0 saturated heterocycles. The van der Waals surface area contributed by atoms with Gasteiger partial charge < -0.3 is 0 Å². The van der Waals surface area contributed by atoms with Crippen molar-refractivity contribution in [3.63, 3.8) is 0 Å². The molecule has 13 saturated carbocycles. The molecular formula is C33H43B. The fourth-order valence-corrected chi connectivity index (χ4v) is 19.2. The van der Waals surface area contributed by atoms with Crippen LogP contribution in [-0.2, 0) is 0 Å². The van der Waals surface area contributed by atoms with Crippen molar-refractivity contribution in [2.45, 2.75) is 45.3 Å². The average molecular weight is 451 g/mol. The molecule has 0 aliphatic heterocycles. The highest BCUT2D eigenvalue weighted by molar-refractivity contribution is 6.08. The minimum atomic E-state index is 1.16. The molecule has 13 rings (SSSR count). The van der Waals surface area contributed by atoms with Crippen LogP contribution in [0.25, 0.3) is 0 Å². The Morgan fingerprint density at radius 2 is 0.882 bits per heavy atom. The van der Waals surface area contributed by atoms with E-state index in [4.69, 9.17) is 0 Å². The second-order valence-corrected chi connectivity index (χ2v) is 17.6. The van der Waals surface area contributed by atoms with Crippen LogP contribution in [0.3, 0.4) is 0 Å². The van der Waals surface area contributed by atoms with Crippen LogP contribution < -0.4 is 0 Å². The minimum absolute atomic E-state index is 1.16. The van der Waals surface area contributed by atoms with Gasteiger partial charge >= 0.3 is 0 Å².